The van der Waals surface area contributed by atoms with Crippen molar-refractivity contribution in [1.82, 2.24) is 10.2 Å². The number of sulfonamides is 1. The molecule has 9 nitrogen and oxygen atoms in total. The molecule has 1 atom stereocenters. The van der Waals surface area contributed by atoms with E-state index in [-0.39, 0.29) is 23.1 Å². The smallest absolute Gasteiger partial charge is 0.264 e. The third kappa shape index (κ3) is 9.05. The Kier molecular flexibility index (Phi) is 13.0. The first-order valence-corrected chi connectivity index (χ1v) is 16.9. The van der Waals surface area contributed by atoms with E-state index < -0.39 is 28.5 Å². The van der Waals surface area contributed by atoms with Crippen LogP contribution < -0.4 is 19.1 Å². The Balaban J connectivity index is 2.14. The molecule has 0 spiro atoms. The fraction of sp³-hybridized carbons (Fsp3) is 0.394. The minimum atomic E-state index is -4.32. The van der Waals surface area contributed by atoms with Crippen LogP contribution >= 0.6 is 23.2 Å². The molecular weight excluding hydrogens is 637 g/mol. The van der Waals surface area contributed by atoms with Crippen molar-refractivity contribution in [3.05, 3.63) is 81.3 Å². The van der Waals surface area contributed by atoms with Gasteiger partial charge in [-0.1, -0.05) is 55.6 Å². The van der Waals surface area contributed by atoms with Crippen LogP contribution in [0.5, 0.6) is 11.5 Å². The molecule has 2 amide bonds. The highest BCUT2D eigenvalue weighted by molar-refractivity contribution is 7.92. The summed E-state index contributed by atoms with van der Waals surface area (Å²) in [6, 6.07) is 13.6. The standard InChI is InChI=1S/C33H41Cl2N3O6S/c1-7-9-14-36-33(40)29(8-2)37(20-24-10-11-25(34)18-28(24)35)32(39)21-38(26-16-22(3)15-23(4)17-26)45(41,42)27-12-13-30(43-5)31(19-27)44-6/h10-13,15-19,29H,7-9,14,20-21H2,1-6H3,(H,36,40). The van der Waals surface area contributed by atoms with E-state index >= 15 is 0 Å². The van der Waals surface area contributed by atoms with Crippen LogP contribution in [0.2, 0.25) is 10.0 Å². The fourth-order valence-electron chi connectivity index (χ4n) is 4.99. The van der Waals surface area contributed by atoms with Crippen LogP contribution in [0.1, 0.15) is 49.8 Å². The Hall–Kier alpha value is -3.47. The first-order valence-electron chi connectivity index (χ1n) is 14.7. The first-order chi connectivity index (χ1) is 21.4. The van der Waals surface area contributed by atoms with Gasteiger partial charge in [0.1, 0.15) is 12.6 Å². The summed E-state index contributed by atoms with van der Waals surface area (Å²) in [6.45, 7) is 7.36. The molecule has 0 saturated heterocycles. The Morgan fingerprint density at radius 1 is 0.911 bits per heavy atom. The highest BCUT2D eigenvalue weighted by Gasteiger charge is 2.34. The van der Waals surface area contributed by atoms with Crippen molar-refractivity contribution in [2.45, 2.75) is 64.4 Å². The second-order valence-electron chi connectivity index (χ2n) is 10.7. The normalized spacial score (nSPS) is 11.9. The second kappa shape index (κ2) is 16.2. The maximum Gasteiger partial charge on any atom is 0.264 e. The average molecular weight is 679 g/mol. The van der Waals surface area contributed by atoms with Gasteiger partial charge in [-0.25, -0.2) is 8.42 Å². The molecule has 0 fully saturated rings. The molecule has 3 aromatic carbocycles. The number of halogens is 2. The van der Waals surface area contributed by atoms with Gasteiger partial charge in [-0.3, -0.25) is 13.9 Å². The summed E-state index contributed by atoms with van der Waals surface area (Å²) in [5.74, 6) is -0.331. The van der Waals surface area contributed by atoms with Gasteiger partial charge in [0.15, 0.2) is 11.5 Å². The summed E-state index contributed by atoms with van der Waals surface area (Å²) < 4.78 is 40.4. The highest BCUT2D eigenvalue weighted by Crippen LogP contribution is 2.33. The fourth-order valence-corrected chi connectivity index (χ4v) is 6.87. The number of amides is 2. The van der Waals surface area contributed by atoms with Gasteiger partial charge in [-0.15, -0.1) is 0 Å². The predicted molar refractivity (Wildman–Crippen MR) is 179 cm³/mol. The number of nitrogens with one attached hydrogen (secondary N) is 1. The number of hydrogen-bond donors (Lipinski definition) is 1. The van der Waals surface area contributed by atoms with Crippen LogP contribution in [-0.2, 0) is 26.2 Å². The maximum atomic E-state index is 14.3. The number of carbonyl (C=O) groups is 2. The molecule has 0 radical (unpaired) electrons. The summed E-state index contributed by atoms with van der Waals surface area (Å²) in [5.41, 5.74) is 2.50. The summed E-state index contributed by atoms with van der Waals surface area (Å²) in [7, 11) is -1.46. The molecule has 0 bridgehead atoms. The number of benzene rings is 3. The second-order valence-corrected chi connectivity index (χ2v) is 13.4. The molecule has 0 aliphatic heterocycles. The highest BCUT2D eigenvalue weighted by atomic mass is 35.5. The summed E-state index contributed by atoms with van der Waals surface area (Å²) in [6.07, 6.45) is 1.96. The van der Waals surface area contributed by atoms with E-state index in [2.05, 4.69) is 5.32 Å². The summed E-state index contributed by atoms with van der Waals surface area (Å²) >= 11 is 12.6. The molecule has 0 heterocycles. The number of unbranched alkanes of at least 4 members (excludes halogenated alkanes) is 1. The molecule has 12 heteroatoms. The Labute approximate surface area is 276 Å². The van der Waals surface area contributed by atoms with E-state index in [1.165, 1.54) is 37.3 Å². The zero-order valence-corrected chi connectivity index (χ0v) is 28.9. The van der Waals surface area contributed by atoms with Gasteiger partial charge in [-0.05, 0) is 79.8 Å². The van der Waals surface area contributed by atoms with E-state index in [1.807, 2.05) is 26.8 Å². The average Bonchev–Trinajstić information content (AvgIpc) is 2.99. The lowest BCUT2D eigenvalue weighted by atomic mass is 10.1. The summed E-state index contributed by atoms with van der Waals surface area (Å²) in [4.78, 5) is 29.0. The molecule has 1 unspecified atom stereocenters. The number of nitrogens with zero attached hydrogens (tertiary/aromatic N) is 2. The van der Waals surface area contributed by atoms with Crippen LogP contribution in [0.25, 0.3) is 0 Å². The molecular formula is C33H41Cl2N3O6S. The third-order valence-electron chi connectivity index (χ3n) is 7.29. The molecule has 1 N–H and O–H groups in total. The number of aryl methyl sites for hydroxylation is 2. The minimum Gasteiger partial charge on any atom is -0.493 e. The number of methoxy groups -OCH3 is 2. The topological polar surface area (TPSA) is 105 Å². The summed E-state index contributed by atoms with van der Waals surface area (Å²) in [5, 5.41) is 3.66. The van der Waals surface area contributed by atoms with Crippen molar-refractivity contribution in [2.24, 2.45) is 0 Å². The van der Waals surface area contributed by atoms with Crippen molar-refractivity contribution >= 4 is 50.7 Å². The van der Waals surface area contributed by atoms with Gasteiger partial charge >= 0.3 is 0 Å². The van der Waals surface area contributed by atoms with Gasteiger partial charge in [0, 0.05) is 29.2 Å². The van der Waals surface area contributed by atoms with Gasteiger partial charge in [0.05, 0.1) is 24.8 Å². The molecule has 0 aliphatic rings. The predicted octanol–water partition coefficient (Wildman–Crippen LogP) is 6.55. The monoisotopic (exact) mass is 677 g/mol. The van der Waals surface area contributed by atoms with Gasteiger partial charge in [0.2, 0.25) is 11.8 Å². The van der Waals surface area contributed by atoms with Crippen molar-refractivity contribution in [2.75, 3.05) is 31.6 Å². The van der Waals surface area contributed by atoms with Crippen molar-refractivity contribution in [3.63, 3.8) is 0 Å². The van der Waals surface area contributed by atoms with Crippen LogP contribution in [0.4, 0.5) is 5.69 Å². The van der Waals surface area contributed by atoms with E-state index in [0.29, 0.717) is 40.0 Å². The largest absolute Gasteiger partial charge is 0.493 e. The van der Waals surface area contributed by atoms with Crippen LogP contribution in [-0.4, -0.2) is 58.5 Å². The van der Waals surface area contributed by atoms with Crippen molar-refractivity contribution < 1.29 is 27.5 Å². The Bertz CT molecular complexity index is 1600. The lowest BCUT2D eigenvalue weighted by Gasteiger charge is -2.33. The van der Waals surface area contributed by atoms with E-state index in [4.69, 9.17) is 32.7 Å². The number of hydrogen-bond acceptors (Lipinski definition) is 6. The van der Waals surface area contributed by atoms with E-state index in [0.717, 1.165) is 28.3 Å². The SMILES string of the molecule is CCCCNC(=O)C(CC)N(Cc1ccc(Cl)cc1Cl)C(=O)CN(c1cc(C)cc(C)c1)S(=O)(=O)c1ccc(OC)c(OC)c1. The molecule has 3 rings (SSSR count). The molecule has 0 saturated carbocycles. The lowest BCUT2D eigenvalue weighted by Crippen LogP contribution is -2.52. The molecule has 45 heavy (non-hydrogen) atoms. The Morgan fingerprint density at radius 3 is 2.16 bits per heavy atom. The van der Waals surface area contributed by atoms with Crippen LogP contribution in [0.15, 0.2) is 59.5 Å². The number of rotatable bonds is 15. The minimum absolute atomic E-state index is 0.0361. The van der Waals surface area contributed by atoms with Gasteiger partial charge in [0.25, 0.3) is 10.0 Å². The van der Waals surface area contributed by atoms with Crippen molar-refractivity contribution in [3.8, 4) is 11.5 Å². The lowest BCUT2D eigenvalue weighted by molar-refractivity contribution is -0.140. The molecule has 0 aliphatic carbocycles. The Morgan fingerprint density at radius 2 is 1.58 bits per heavy atom. The van der Waals surface area contributed by atoms with Crippen LogP contribution in [0.3, 0.4) is 0 Å². The quantitative estimate of drug-likeness (QED) is 0.183. The maximum absolute atomic E-state index is 14.3. The first kappa shape index (κ1) is 36.0. The molecule has 244 valence electrons. The van der Waals surface area contributed by atoms with Gasteiger partial charge < -0.3 is 19.7 Å². The van der Waals surface area contributed by atoms with Gasteiger partial charge in [-0.2, -0.15) is 0 Å². The third-order valence-corrected chi connectivity index (χ3v) is 9.64. The molecule has 0 aromatic heterocycles. The number of anilines is 1. The zero-order chi connectivity index (χ0) is 33.3. The van der Waals surface area contributed by atoms with E-state index in [1.54, 1.807) is 37.3 Å². The van der Waals surface area contributed by atoms with E-state index in [9.17, 15) is 18.0 Å². The number of ether oxygens (including phenoxy) is 2. The number of carbonyl (C=O) groups excluding carboxylic acids is 2. The van der Waals surface area contributed by atoms with Crippen LogP contribution in [0, 0.1) is 13.8 Å². The molecule has 3 aromatic rings. The van der Waals surface area contributed by atoms with Crippen molar-refractivity contribution in [1.29, 1.82) is 0 Å². The zero-order valence-electron chi connectivity index (χ0n) is 26.5.